The second-order valence-electron chi connectivity index (χ2n) is 4.43. The molecule has 0 bridgehead atoms. The van der Waals surface area contributed by atoms with Gasteiger partial charge < -0.3 is 4.74 Å². The van der Waals surface area contributed by atoms with Gasteiger partial charge in [0.1, 0.15) is 0 Å². The molecule has 0 heterocycles. The maximum atomic E-state index is 11.3. The van der Waals surface area contributed by atoms with Crippen LogP contribution < -0.4 is 0 Å². The van der Waals surface area contributed by atoms with E-state index in [0.29, 0.717) is 12.5 Å². The Morgan fingerprint density at radius 3 is 2.38 bits per heavy atom. The number of ether oxygens (including phenoxy) is 1. The summed E-state index contributed by atoms with van der Waals surface area (Å²) in [6.45, 7) is 8.28. The minimum Gasteiger partial charge on any atom is -0.465 e. The predicted octanol–water partition coefficient (Wildman–Crippen LogP) is 3.04. The Morgan fingerprint density at radius 2 is 2.00 bits per heavy atom. The molecule has 0 aromatic heterocycles. The van der Waals surface area contributed by atoms with Crippen molar-refractivity contribution in [2.45, 2.75) is 34.1 Å². The summed E-state index contributed by atoms with van der Waals surface area (Å²) in [5, 5.41) is 0. The zero-order chi connectivity index (χ0) is 10.5. The van der Waals surface area contributed by atoms with E-state index >= 15 is 0 Å². The van der Waals surface area contributed by atoms with Crippen LogP contribution in [0.15, 0.2) is 0 Å². The van der Waals surface area contributed by atoms with E-state index in [-0.39, 0.29) is 11.4 Å². The van der Waals surface area contributed by atoms with Gasteiger partial charge in [-0.05, 0) is 37.5 Å². The number of hydrogen-bond acceptors (Lipinski definition) is 2. The lowest BCUT2D eigenvalue weighted by Crippen LogP contribution is -2.25. The highest BCUT2D eigenvalue weighted by molar-refractivity contribution is 14.1. The molecule has 0 aliphatic carbocycles. The summed E-state index contributed by atoms with van der Waals surface area (Å²) in [6, 6.07) is 0. The number of hydrogen-bond donors (Lipinski definition) is 0. The molecule has 0 aliphatic rings. The van der Waals surface area contributed by atoms with Crippen molar-refractivity contribution in [2.24, 2.45) is 11.3 Å². The SMILES string of the molecule is CC(CCI)COC(=O)C(C)(C)C. The van der Waals surface area contributed by atoms with Crippen molar-refractivity contribution in [1.82, 2.24) is 0 Å². The molecule has 0 amide bonds. The van der Waals surface area contributed by atoms with E-state index in [1.165, 1.54) is 0 Å². The summed E-state index contributed by atoms with van der Waals surface area (Å²) < 4.78 is 6.30. The molecular formula is C10H19IO2. The number of halogens is 1. The fourth-order valence-corrected chi connectivity index (χ4v) is 1.77. The van der Waals surface area contributed by atoms with Gasteiger partial charge in [0.15, 0.2) is 0 Å². The van der Waals surface area contributed by atoms with Crippen LogP contribution in [0.25, 0.3) is 0 Å². The molecule has 0 spiro atoms. The van der Waals surface area contributed by atoms with Crippen LogP contribution in [-0.2, 0) is 9.53 Å². The van der Waals surface area contributed by atoms with Crippen molar-refractivity contribution >= 4 is 28.6 Å². The third-order valence-corrected chi connectivity index (χ3v) is 2.34. The lowest BCUT2D eigenvalue weighted by molar-refractivity contribution is -0.154. The molecule has 0 saturated heterocycles. The van der Waals surface area contributed by atoms with Crippen molar-refractivity contribution in [2.75, 3.05) is 11.0 Å². The molecule has 13 heavy (non-hydrogen) atoms. The average Bonchev–Trinajstić information content (AvgIpc) is 1.99. The summed E-state index contributed by atoms with van der Waals surface area (Å²) >= 11 is 2.34. The number of esters is 1. The van der Waals surface area contributed by atoms with Gasteiger partial charge in [-0.3, -0.25) is 4.79 Å². The zero-order valence-corrected chi connectivity index (χ0v) is 11.1. The molecule has 78 valence electrons. The molecule has 2 nitrogen and oxygen atoms in total. The average molecular weight is 298 g/mol. The van der Waals surface area contributed by atoms with E-state index in [1.807, 2.05) is 20.8 Å². The first-order valence-electron chi connectivity index (χ1n) is 4.61. The van der Waals surface area contributed by atoms with Gasteiger partial charge >= 0.3 is 5.97 Å². The van der Waals surface area contributed by atoms with Gasteiger partial charge in [-0.2, -0.15) is 0 Å². The van der Waals surface area contributed by atoms with Gasteiger partial charge in [-0.1, -0.05) is 29.5 Å². The van der Waals surface area contributed by atoms with E-state index in [4.69, 9.17) is 4.74 Å². The van der Waals surface area contributed by atoms with Gasteiger partial charge in [0.25, 0.3) is 0 Å². The first-order chi connectivity index (χ1) is 5.88. The van der Waals surface area contributed by atoms with Crippen molar-refractivity contribution in [1.29, 1.82) is 0 Å². The second kappa shape index (κ2) is 5.83. The highest BCUT2D eigenvalue weighted by Crippen LogP contribution is 2.16. The van der Waals surface area contributed by atoms with Crippen molar-refractivity contribution < 1.29 is 9.53 Å². The fraction of sp³-hybridized carbons (Fsp3) is 0.900. The van der Waals surface area contributed by atoms with Gasteiger partial charge in [0, 0.05) is 0 Å². The lowest BCUT2D eigenvalue weighted by Gasteiger charge is -2.18. The van der Waals surface area contributed by atoms with Gasteiger partial charge in [0.05, 0.1) is 12.0 Å². The first kappa shape index (κ1) is 13.2. The number of carbonyl (C=O) groups is 1. The highest BCUT2D eigenvalue weighted by atomic mass is 127. The van der Waals surface area contributed by atoms with E-state index in [2.05, 4.69) is 29.5 Å². The largest absolute Gasteiger partial charge is 0.465 e. The van der Waals surface area contributed by atoms with Crippen molar-refractivity contribution in [3.8, 4) is 0 Å². The summed E-state index contributed by atoms with van der Waals surface area (Å²) in [6.07, 6.45) is 1.11. The fourth-order valence-electron chi connectivity index (χ4n) is 0.704. The predicted molar refractivity (Wildman–Crippen MR) is 63.1 cm³/mol. The summed E-state index contributed by atoms with van der Waals surface area (Å²) in [5.74, 6) is 0.371. The van der Waals surface area contributed by atoms with Crippen LogP contribution in [0.4, 0.5) is 0 Å². The van der Waals surface area contributed by atoms with Crippen molar-refractivity contribution in [3.63, 3.8) is 0 Å². The van der Waals surface area contributed by atoms with Crippen LogP contribution >= 0.6 is 22.6 Å². The first-order valence-corrected chi connectivity index (χ1v) is 6.13. The Hall–Kier alpha value is 0.200. The third kappa shape index (κ3) is 6.29. The zero-order valence-electron chi connectivity index (χ0n) is 8.89. The third-order valence-electron chi connectivity index (χ3n) is 1.71. The standard InChI is InChI=1S/C10H19IO2/c1-8(5-6-11)7-13-9(12)10(2,3)4/h8H,5-7H2,1-4H3. The quantitative estimate of drug-likeness (QED) is 0.453. The Balaban J connectivity index is 3.71. The molecule has 0 radical (unpaired) electrons. The number of carbonyl (C=O) groups excluding carboxylic acids is 1. The topological polar surface area (TPSA) is 26.3 Å². The normalized spacial score (nSPS) is 13.9. The minimum absolute atomic E-state index is 0.104. The molecule has 1 unspecified atom stereocenters. The molecule has 0 rings (SSSR count). The van der Waals surface area contributed by atoms with E-state index < -0.39 is 0 Å². The van der Waals surface area contributed by atoms with E-state index in [9.17, 15) is 4.79 Å². The van der Waals surface area contributed by atoms with Gasteiger partial charge in [0.2, 0.25) is 0 Å². The van der Waals surface area contributed by atoms with Crippen LogP contribution in [0.3, 0.4) is 0 Å². The van der Waals surface area contributed by atoms with Crippen molar-refractivity contribution in [3.05, 3.63) is 0 Å². The molecule has 0 aromatic rings. The maximum Gasteiger partial charge on any atom is 0.311 e. The monoisotopic (exact) mass is 298 g/mol. The smallest absolute Gasteiger partial charge is 0.311 e. The molecule has 0 fully saturated rings. The Morgan fingerprint density at radius 1 is 1.46 bits per heavy atom. The second-order valence-corrected chi connectivity index (χ2v) is 5.51. The summed E-state index contributed by atoms with van der Waals surface area (Å²) in [5.41, 5.74) is -0.371. The molecule has 0 N–H and O–H groups in total. The van der Waals surface area contributed by atoms with Crippen LogP contribution in [0, 0.1) is 11.3 Å². The Bertz CT molecular complexity index is 161. The number of alkyl halides is 1. The minimum atomic E-state index is -0.371. The van der Waals surface area contributed by atoms with Gasteiger partial charge in [-0.15, -0.1) is 0 Å². The van der Waals surface area contributed by atoms with Crippen LogP contribution in [-0.4, -0.2) is 17.0 Å². The van der Waals surface area contributed by atoms with Crippen LogP contribution in [0.5, 0.6) is 0 Å². The lowest BCUT2D eigenvalue weighted by atomic mass is 9.97. The molecule has 0 saturated carbocycles. The van der Waals surface area contributed by atoms with E-state index in [1.54, 1.807) is 0 Å². The van der Waals surface area contributed by atoms with Crippen LogP contribution in [0.2, 0.25) is 0 Å². The van der Waals surface area contributed by atoms with Crippen LogP contribution in [0.1, 0.15) is 34.1 Å². The molecule has 0 aliphatic heterocycles. The summed E-state index contributed by atoms with van der Waals surface area (Å²) in [7, 11) is 0. The van der Waals surface area contributed by atoms with Gasteiger partial charge in [-0.25, -0.2) is 0 Å². The molecule has 1 atom stereocenters. The molecule has 0 aromatic carbocycles. The molecular weight excluding hydrogens is 279 g/mol. The highest BCUT2D eigenvalue weighted by Gasteiger charge is 2.23. The molecule has 3 heteroatoms. The summed E-state index contributed by atoms with van der Waals surface area (Å²) in [4.78, 5) is 11.3. The Labute approximate surface area is 94.6 Å². The Kier molecular flexibility index (Phi) is 5.92. The van der Waals surface area contributed by atoms with E-state index in [0.717, 1.165) is 10.8 Å². The maximum absolute atomic E-state index is 11.3. The number of rotatable bonds is 4.